The lowest BCUT2D eigenvalue weighted by atomic mass is 10.2. The number of hydrogen-bond acceptors (Lipinski definition) is 5. The Morgan fingerprint density at radius 2 is 1.44 bits per heavy atom. The van der Waals surface area contributed by atoms with Gasteiger partial charge in [-0.1, -0.05) is 6.92 Å². The van der Waals surface area contributed by atoms with Crippen molar-refractivity contribution in [3.8, 4) is 0 Å². The molecule has 7 nitrogen and oxygen atoms in total. The van der Waals surface area contributed by atoms with E-state index >= 15 is 0 Å². The molecule has 0 radical (unpaired) electrons. The van der Waals surface area contributed by atoms with Crippen LogP contribution in [0.2, 0.25) is 0 Å². The lowest BCUT2D eigenvalue weighted by Gasteiger charge is -2.01. The number of aliphatic hydroxyl groups is 2. The molecular weight excluding hydrogens is 214 g/mol. The summed E-state index contributed by atoms with van der Waals surface area (Å²) in [7, 11) is 0. The monoisotopic (exact) mass is 235 g/mol. The topological polar surface area (TPSA) is 153 Å². The van der Waals surface area contributed by atoms with Gasteiger partial charge in [0.1, 0.15) is 0 Å². The van der Waals surface area contributed by atoms with Crippen LogP contribution < -0.4 is 17.2 Å². The number of nitrogens with two attached hydrogens (primary N) is 3. The van der Waals surface area contributed by atoms with Crippen molar-refractivity contribution >= 4 is 11.8 Å². The molecule has 0 spiro atoms. The Kier molecular flexibility index (Phi) is 11.1. The van der Waals surface area contributed by atoms with Crippen molar-refractivity contribution in [3.05, 3.63) is 0 Å². The molecule has 0 aliphatic carbocycles. The Balaban J connectivity index is 0. The predicted octanol–water partition coefficient (Wildman–Crippen LogP) is -2.19. The SMILES string of the molecule is CC[C@@H](O)CC(N)=O.NC[C@@H](O)CC(N)=O. The fourth-order valence-electron chi connectivity index (χ4n) is 0.692. The van der Waals surface area contributed by atoms with E-state index in [9.17, 15) is 9.59 Å². The number of carbonyl (C=O) groups excluding carboxylic acids is 2. The van der Waals surface area contributed by atoms with Crippen molar-refractivity contribution in [1.29, 1.82) is 0 Å². The summed E-state index contributed by atoms with van der Waals surface area (Å²) in [5.41, 5.74) is 14.4. The third-order valence-corrected chi connectivity index (χ3v) is 1.62. The molecule has 7 heteroatoms. The minimum Gasteiger partial charge on any atom is -0.393 e. The second kappa shape index (κ2) is 10.3. The molecule has 0 fully saturated rings. The van der Waals surface area contributed by atoms with Gasteiger partial charge in [0, 0.05) is 6.54 Å². The zero-order chi connectivity index (χ0) is 13.1. The standard InChI is InChI=1S/C5H11NO2.C4H10N2O2/c1-2-4(7)3-5(6)8;5-2-3(7)1-4(6)8/h4,7H,2-3H2,1H3,(H2,6,8);3,7H,1-2,5H2,(H2,6,8)/t4-;3-/m10/s1. The van der Waals surface area contributed by atoms with Gasteiger partial charge in [-0.3, -0.25) is 9.59 Å². The number of primary amides is 2. The Hall–Kier alpha value is -1.18. The van der Waals surface area contributed by atoms with Crippen molar-refractivity contribution in [3.63, 3.8) is 0 Å². The molecule has 0 aromatic carbocycles. The molecule has 0 aromatic rings. The maximum Gasteiger partial charge on any atom is 0.220 e. The molecule has 96 valence electrons. The largest absolute Gasteiger partial charge is 0.393 e. The molecular formula is C9H21N3O4. The van der Waals surface area contributed by atoms with E-state index in [1.165, 1.54) is 0 Å². The maximum absolute atomic E-state index is 10.0. The zero-order valence-electron chi connectivity index (χ0n) is 9.43. The third-order valence-electron chi connectivity index (χ3n) is 1.62. The average molecular weight is 235 g/mol. The first kappa shape index (κ1) is 17.2. The van der Waals surface area contributed by atoms with Crippen LogP contribution in [0.4, 0.5) is 0 Å². The van der Waals surface area contributed by atoms with Gasteiger partial charge in [-0.25, -0.2) is 0 Å². The van der Waals surface area contributed by atoms with Crippen LogP contribution in [-0.4, -0.2) is 40.8 Å². The fourth-order valence-corrected chi connectivity index (χ4v) is 0.692. The lowest BCUT2D eigenvalue weighted by Crippen LogP contribution is -2.26. The third kappa shape index (κ3) is 15.3. The van der Waals surface area contributed by atoms with Gasteiger partial charge >= 0.3 is 0 Å². The van der Waals surface area contributed by atoms with Crippen molar-refractivity contribution in [2.45, 2.75) is 38.4 Å². The highest BCUT2D eigenvalue weighted by Crippen LogP contribution is 1.93. The van der Waals surface area contributed by atoms with E-state index in [1.807, 2.05) is 0 Å². The van der Waals surface area contributed by atoms with Gasteiger partial charge in [-0.05, 0) is 6.42 Å². The van der Waals surface area contributed by atoms with Crippen LogP contribution in [0.3, 0.4) is 0 Å². The summed E-state index contributed by atoms with van der Waals surface area (Å²) in [6.07, 6.45) is -0.698. The average Bonchev–Trinajstić information content (AvgIpc) is 2.16. The zero-order valence-corrected chi connectivity index (χ0v) is 9.43. The molecule has 8 N–H and O–H groups in total. The first-order valence-corrected chi connectivity index (χ1v) is 4.96. The quantitative estimate of drug-likeness (QED) is 0.354. The highest BCUT2D eigenvalue weighted by molar-refractivity contribution is 5.74. The first-order chi connectivity index (χ1) is 7.33. The number of rotatable bonds is 6. The van der Waals surface area contributed by atoms with Crippen molar-refractivity contribution < 1.29 is 19.8 Å². The van der Waals surface area contributed by atoms with Gasteiger partial charge in [-0.2, -0.15) is 0 Å². The fraction of sp³-hybridized carbons (Fsp3) is 0.778. The van der Waals surface area contributed by atoms with Gasteiger partial charge in [0.25, 0.3) is 0 Å². The van der Waals surface area contributed by atoms with Crippen LogP contribution in [0, 0.1) is 0 Å². The van der Waals surface area contributed by atoms with Crippen LogP contribution in [-0.2, 0) is 9.59 Å². The summed E-state index contributed by atoms with van der Waals surface area (Å²) in [5.74, 6) is -0.970. The van der Waals surface area contributed by atoms with Gasteiger partial charge in [0.05, 0.1) is 25.0 Å². The number of aliphatic hydroxyl groups excluding tert-OH is 2. The van der Waals surface area contributed by atoms with Crippen LogP contribution in [0.5, 0.6) is 0 Å². The van der Waals surface area contributed by atoms with Crippen LogP contribution >= 0.6 is 0 Å². The Morgan fingerprint density at radius 1 is 1.06 bits per heavy atom. The van der Waals surface area contributed by atoms with Crippen LogP contribution in [0.1, 0.15) is 26.2 Å². The molecule has 0 heterocycles. The molecule has 0 saturated heterocycles. The van der Waals surface area contributed by atoms with Crippen LogP contribution in [0.25, 0.3) is 0 Å². The number of amides is 2. The number of hydrogen-bond donors (Lipinski definition) is 5. The summed E-state index contributed by atoms with van der Waals surface area (Å²) in [6, 6.07) is 0. The maximum atomic E-state index is 10.0. The normalized spacial score (nSPS) is 13.2. The second-order valence-corrected chi connectivity index (χ2v) is 3.29. The van der Waals surface area contributed by atoms with Gasteiger partial charge in [0.15, 0.2) is 0 Å². The molecule has 0 saturated carbocycles. The highest BCUT2D eigenvalue weighted by Gasteiger charge is 2.03. The van der Waals surface area contributed by atoms with E-state index in [4.69, 9.17) is 27.4 Å². The van der Waals surface area contributed by atoms with Crippen LogP contribution in [0.15, 0.2) is 0 Å². The first-order valence-electron chi connectivity index (χ1n) is 4.96. The summed E-state index contributed by atoms with van der Waals surface area (Å²) in [5, 5.41) is 17.3. The van der Waals surface area contributed by atoms with E-state index in [2.05, 4.69) is 0 Å². The van der Waals surface area contributed by atoms with E-state index in [1.54, 1.807) is 6.92 Å². The van der Waals surface area contributed by atoms with Gasteiger partial charge < -0.3 is 27.4 Å². The summed E-state index contributed by atoms with van der Waals surface area (Å²) < 4.78 is 0. The molecule has 0 aromatic heterocycles. The molecule has 0 aliphatic rings. The smallest absolute Gasteiger partial charge is 0.220 e. The lowest BCUT2D eigenvalue weighted by molar-refractivity contribution is -0.120. The van der Waals surface area contributed by atoms with E-state index < -0.39 is 24.0 Å². The van der Waals surface area contributed by atoms with Crippen molar-refractivity contribution in [1.82, 2.24) is 0 Å². The minimum absolute atomic E-state index is 0.0451. The molecule has 2 atom stereocenters. The summed E-state index contributed by atoms with van der Waals surface area (Å²) in [4.78, 5) is 20.0. The van der Waals surface area contributed by atoms with Crippen molar-refractivity contribution in [2.24, 2.45) is 17.2 Å². The minimum atomic E-state index is -0.771. The molecule has 0 unspecified atom stereocenters. The second-order valence-electron chi connectivity index (χ2n) is 3.29. The van der Waals surface area contributed by atoms with Gasteiger partial charge in [0.2, 0.25) is 11.8 Å². The predicted molar refractivity (Wildman–Crippen MR) is 59.0 cm³/mol. The van der Waals surface area contributed by atoms with Crippen molar-refractivity contribution in [2.75, 3.05) is 6.54 Å². The Morgan fingerprint density at radius 3 is 1.56 bits per heavy atom. The molecule has 16 heavy (non-hydrogen) atoms. The molecule has 2 amide bonds. The van der Waals surface area contributed by atoms with E-state index in [0.29, 0.717) is 6.42 Å². The molecule has 0 bridgehead atoms. The number of carbonyl (C=O) groups is 2. The highest BCUT2D eigenvalue weighted by atomic mass is 16.3. The summed E-state index contributed by atoms with van der Waals surface area (Å²) >= 11 is 0. The molecule has 0 rings (SSSR count). The Labute approximate surface area is 94.6 Å². The van der Waals surface area contributed by atoms with Gasteiger partial charge in [-0.15, -0.1) is 0 Å². The van der Waals surface area contributed by atoms with E-state index in [-0.39, 0.29) is 19.4 Å². The molecule has 0 aliphatic heterocycles. The Bertz CT molecular complexity index is 189. The summed E-state index contributed by atoms with van der Waals surface area (Å²) in [6.45, 7) is 1.89. The van der Waals surface area contributed by atoms with E-state index in [0.717, 1.165) is 0 Å².